The molecule has 0 saturated carbocycles. The molecular weight excluding hydrogens is 312 g/mol. The summed E-state index contributed by atoms with van der Waals surface area (Å²) in [6.07, 6.45) is 3.94. The van der Waals surface area contributed by atoms with E-state index in [0.29, 0.717) is 22.8 Å². The highest BCUT2D eigenvalue weighted by molar-refractivity contribution is 7.10. The van der Waals surface area contributed by atoms with Gasteiger partial charge in [0.05, 0.1) is 0 Å². The lowest BCUT2D eigenvalue weighted by Crippen LogP contribution is -2.19. The minimum atomic E-state index is -0.277. The van der Waals surface area contributed by atoms with E-state index in [1.165, 1.54) is 0 Å². The number of thiophene rings is 1. The Morgan fingerprint density at radius 2 is 2.09 bits per heavy atom. The van der Waals surface area contributed by atoms with Gasteiger partial charge in [-0.15, -0.1) is 11.3 Å². The van der Waals surface area contributed by atoms with Crippen molar-refractivity contribution in [2.24, 2.45) is 5.73 Å². The number of ether oxygens (including phenoxy) is 3. The topological polar surface area (TPSA) is 77.5 Å². The average Bonchev–Trinajstić information content (AvgIpc) is 3.21. The van der Waals surface area contributed by atoms with E-state index in [4.69, 9.17) is 19.9 Å². The van der Waals surface area contributed by atoms with Gasteiger partial charge in [-0.3, -0.25) is 0 Å². The summed E-state index contributed by atoms with van der Waals surface area (Å²) < 4.78 is 16.4. The smallest absolute Gasteiger partial charge is 0.231 e. The minimum Gasteiger partial charge on any atom is -0.454 e. The fraction of sp³-hybridized carbons (Fsp3) is 0.118. The lowest BCUT2D eigenvalue weighted by atomic mass is 9.88. The molecule has 0 fully saturated rings. The van der Waals surface area contributed by atoms with Crippen LogP contribution in [0.5, 0.6) is 17.2 Å². The van der Waals surface area contributed by atoms with E-state index in [1.807, 2.05) is 35.7 Å². The summed E-state index contributed by atoms with van der Waals surface area (Å²) in [6, 6.07) is 9.75. The van der Waals surface area contributed by atoms with Gasteiger partial charge in [0.25, 0.3) is 0 Å². The van der Waals surface area contributed by atoms with Crippen molar-refractivity contribution in [3.05, 3.63) is 57.6 Å². The molecule has 1 aromatic heterocycles. The number of hydrogen-bond acceptors (Lipinski definition) is 6. The number of hydrogen-bond donors (Lipinski definition) is 1. The minimum absolute atomic E-state index is 0.125. The van der Waals surface area contributed by atoms with Gasteiger partial charge in [0, 0.05) is 22.4 Å². The van der Waals surface area contributed by atoms with Crippen molar-refractivity contribution in [1.29, 1.82) is 5.26 Å². The number of allylic oxidation sites excluding steroid dienone is 2. The summed E-state index contributed by atoms with van der Waals surface area (Å²) in [5.41, 5.74) is 7.15. The van der Waals surface area contributed by atoms with Crippen LogP contribution >= 0.6 is 11.3 Å². The first-order chi connectivity index (χ1) is 11.3. The largest absolute Gasteiger partial charge is 0.454 e. The summed E-state index contributed by atoms with van der Waals surface area (Å²) in [7, 11) is 0. The molecule has 1 atom stereocenters. The number of fused-ring (bicyclic) bond motifs is 2. The van der Waals surface area contributed by atoms with Crippen LogP contribution in [0, 0.1) is 11.3 Å². The highest BCUT2D eigenvalue weighted by Crippen LogP contribution is 2.46. The van der Waals surface area contributed by atoms with Crippen LogP contribution in [0.25, 0.3) is 6.08 Å². The standard InChI is InChI=1S/C17H12N2O3S/c18-8-13-11(4-3-10-2-1-5-23-10)12-6-15-16(21-9-20-15)7-14(12)22-17(13)19/h1-7,11H,9,19H2/b4-3+/t11-/m0/s1. The third-order valence-corrected chi connectivity index (χ3v) is 4.59. The molecule has 3 heterocycles. The highest BCUT2D eigenvalue weighted by Gasteiger charge is 2.30. The Labute approximate surface area is 136 Å². The van der Waals surface area contributed by atoms with E-state index >= 15 is 0 Å². The molecule has 0 radical (unpaired) electrons. The molecule has 0 unspecified atom stereocenters. The third-order valence-electron chi connectivity index (χ3n) is 3.75. The number of nitriles is 1. The van der Waals surface area contributed by atoms with Crippen LogP contribution in [-0.4, -0.2) is 6.79 Å². The van der Waals surface area contributed by atoms with Gasteiger partial charge in [-0.25, -0.2) is 0 Å². The molecule has 4 rings (SSSR count). The first kappa shape index (κ1) is 13.7. The Morgan fingerprint density at radius 3 is 2.83 bits per heavy atom. The molecule has 0 amide bonds. The van der Waals surface area contributed by atoms with Gasteiger partial charge < -0.3 is 19.9 Å². The zero-order valence-electron chi connectivity index (χ0n) is 12.0. The maximum atomic E-state index is 9.45. The maximum absolute atomic E-state index is 9.45. The average molecular weight is 324 g/mol. The summed E-state index contributed by atoms with van der Waals surface area (Å²) in [4.78, 5) is 1.11. The van der Waals surface area contributed by atoms with E-state index in [2.05, 4.69) is 6.07 Å². The van der Waals surface area contributed by atoms with Crippen LogP contribution in [-0.2, 0) is 0 Å². The van der Waals surface area contributed by atoms with Crippen molar-refractivity contribution >= 4 is 17.4 Å². The van der Waals surface area contributed by atoms with Crippen LogP contribution in [0.2, 0.25) is 0 Å². The molecule has 23 heavy (non-hydrogen) atoms. The zero-order valence-corrected chi connectivity index (χ0v) is 12.8. The molecule has 0 bridgehead atoms. The molecule has 1 aromatic carbocycles. The molecule has 2 aliphatic rings. The molecule has 2 N–H and O–H groups in total. The van der Waals surface area contributed by atoms with Gasteiger partial charge in [0.2, 0.25) is 12.7 Å². The number of nitrogens with zero attached hydrogens (tertiary/aromatic N) is 1. The van der Waals surface area contributed by atoms with Gasteiger partial charge in [-0.1, -0.05) is 12.1 Å². The van der Waals surface area contributed by atoms with Crippen molar-refractivity contribution in [2.75, 3.05) is 6.79 Å². The Bertz CT molecular complexity index is 863. The highest BCUT2D eigenvalue weighted by atomic mass is 32.1. The van der Waals surface area contributed by atoms with Crippen molar-refractivity contribution < 1.29 is 14.2 Å². The van der Waals surface area contributed by atoms with Crippen LogP contribution < -0.4 is 19.9 Å². The van der Waals surface area contributed by atoms with E-state index in [1.54, 1.807) is 17.4 Å². The molecule has 114 valence electrons. The van der Waals surface area contributed by atoms with Crippen molar-refractivity contribution in [3.8, 4) is 23.3 Å². The first-order valence-corrected chi connectivity index (χ1v) is 7.87. The summed E-state index contributed by atoms with van der Waals surface area (Å²) in [5, 5.41) is 11.5. The lowest BCUT2D eigenvalue weighted by Gasteiger charge is -2.24. The molecule has 2 aromatic rings. The van der Waals surface area contributed by atoms with Gasteiger partial charge >= 0.3 is 0 Å². The summed E-state index contributed by atoms with van der Waals surface area (Å²) in [6.45, 7) is 0.182. The van der Waals surface area contributed by atoms with Gasteiger partial charge in [0.15, 0.2) is 11.5 Å². The number of benzene rings is 1. The van der Waals surface area contributed by atoms with Crippen molar-refractivity contribution in [2.45, 2.75) is 5.92 Å². The third kappa shape index (κ3) is 2.31. The second-order valence-corrected chi connectivity index (χ2v) is 6.07. The SMILES string of the molecule is N#CC1=C(N)Oc2cc3c(cc2[C@@H]1/C=C/c1cccs1)OCO3. The second kappa shape index (κ2) is 5.38. The molecule has 6 heteroatoms. The van der Waals surface area contributed by atoms with Crippen molar-refractivity contribution in [3.63, 3.8) is 0 Å². The molecule has 0 spiro atoms. The Kier molecular flexibility index (Phi) is 3.21. The quantitative estimate of drug-likeness (QED) is 0.916. The molecule has 5 nitrogen and oxygen atoms in total. The van der Waals surface area contributed by atoms with Crippen molar-refractivity contribution in [1.82, 2.24) is 0 Å². The zero-order chi connectivity index (χ0) is 15.8. The van der Waals surface area contributed by atoms with Crippen LogP contribution in [0.4, 0.5) is 0 Å². The molecular formula is C17H12N2O3S. The Hall–Kier alpha value is -2.91. The normalized spacial score (nSPS) is 18.7. The fourth-order valence-corrected chi connectivity index (χ4v) is 3.28. The summed E-state index contributed by atoms with van der Waals surface area (Å²) in [5.74, 6) is 1.71. The second-order valence-electron chi connectivity index (χ2n) is 5.09. The number of rotatable bonds is 2. The van der Waals surface area contributed by atoms with Gasteiger partial charge in [-0.05, 0) is 23.6 Å². The van der Waals surface area contributed by atoms with Crippen LogP contribution in [0.1, 0.15) is 16.4 Å². The Morgan fingerprint density at radius 1 is 1.26 bits per heavy atom. The first-order valence-electron chi connectivity index (χ1n) is 6.99. The van der Waals surface area contributed by atoms with Gasteiger partial charge in [-0.2, -0.15) is 5.26 Å². The van der Waals surface area contributed by atoms with Crippen LogP contribution in [0.15, 0.2) is 47.2 Å². The lowest BCUT2D eigenvalue weighted by molar-refractivity contribution is 0.174. The monoisotopic (exact) mass is 324 g/mol. The van der Waals surface area contributed by atoms with E-state index < -0.39 is 0 Å². The van der Waals surface area contributed by atoms with E-state index in [0.717, 1.165) is 10.4 Å². The predicted octanol–water partition coefficient (Wildman–Crippen LogP) is 3.36. The maximum Gasteiger partial charge on any atom is 0.231 e. The van der Waals surface area contributed by atoms with Crippen LogP contribution in [0.3, 0.4) is 0 Å². The van der Waals surface area contributed by atoms with E-state index in [-0.39, 0.29) is 18.6 Å². The molecule has 2 aliphatic heterocycles. The van der Waals surface area contributed by atoms with Gasteiger partial charge in [0.1, 0.15) is 17.4 Å². The molecule has 0 saturated heterocycles. The Balaban J connectivity index is 1.81. The fourth-order valence-electron chi connectivity index (χ4n) is 2.65. The number of nitrogens with two attached hydrogens (primary N) is 1. The predicted molar refractivity (Wildman–Crippen MR) is 86.1 cm³/mol. The molecule has 0 aliphatic carbocycles. The van der Waals surface area contributed by atoms with E-state index in [9.17, 15) is 5.26 Å². The summed E-state index contributed by atoms with van der Waals surface area (Å²) >= 11 is 1.63.